The number of nitrogens with one attached hydrogen (secondary N) is 1. The van der Waals surface area contributed by atoms with Crippen LogP contribution in [0.15, 0.2) is 85.2 Å². The third-order valence-electron chi connectivity index (χ3n) is 6.38. The van der Waals surface area contributed by atoms with Gasteiger partial charge in [-0.3, -0.25) is 0 Å². The maximum Gasteiger partial charge on any atom is 0.411 e. The minimum atomic E-state index is -0.683. The second-order valence-corrected chi connectivity index (χ2v) is 8.40. The topological polar surface area (TPSA) is 61.8 Å². The van der Waals surface area contributed by atoms with Gasteiger partial charge in [-0.05, 0) is 48.1 Å². The van der Waals surface area contributed by atoms with Crippen molar-refractivity contribution in [3.05, 3.63) is 102 Å². The molecule has 0 aliphatic carbocycles. The third kappa shape index (κ3) is 4.48. The molecule has 1 fully saturated rings. The SMILES string of the molecule is C=C1C=CC(c2ccc([C@H](C)N3CC[C@](CCCO)(c4ccccc4)OC3=O)cc2)=CN1. The van der Waals surface area contributed by atoms with E-state index in [1.54, 1.807) is 4.90 Å². The van der Waals surface area contributed by atoms with E-state index in [2.05, 4.69) is 36.2 Å². The maximum absolute atomic E-state index is 13.1. The molecule has 32 heavy (non-hydrogen) atoms. The van der Waals surface area contributed by atoms with Crippen molar-refractivity contribution in [2.24, 2.45) is 0 Å². The van der Waals surface area contributed by atoms with E-state index in [1.165, 1.54) is 0 Å². The fourth-order valence-electron chi connectivity index (χ4n) is 4.42. The number of carbonyl (C=O) groups excluding carboxylic acids is 1. The van der Waals surface area contributed by atoms with Crippen LogP contribution in [0.3, 0.4) is 0 Å². The van der Waals surface area contributed by atoms with Gasteiger partial charge in [-0.25, -0.2) is 4.79 Å². The molecule has 4 rings (SSSR count). The number of aliphatic hydroxyl groups is 1. The molecule has 2 aliphatic rings. The van der Waals surface area contributed by atoms with Crippen LogP contribution in [0.4, 0.5) is 4.79 Å². The number of hydrogen-bond donors (Lipinski definition) is 2. The van der Waals surface area contributed by atoms with Crippen LogP contribution in [-0.2, 0) is 10.3 Å². The van der Waals surface area contributed by atoms with Crippen molar-refractivity contribution < 1.29 is 14.6 Å². The van der Waals surface area contributed by atoms with Crippen molar-refractivity contribution in [3.63, 3.8) is 0 Å². The Bertz CT molecular complexity index is 1030. The Balaban J connectivity index is 1.48. The van der Waals surface area contributed by atoms with E-state index in [9.17, 15) is 9.90 Å². The van der Waals surface area contributed by atoms with E-state index < -0.39 is 5.60 Å². The minimum Gasteiger partial charge on any atom is -0.438 e. The molecule has 1 amide bonds. The average molecular weight is 431 g/mol. The van der Waals surface area contributed by atoms with Gasteiger partial charge in [0, 0.05) is 31.5 Å². The Morgan fingerprint density at radius 3 is 2.53 bits per heavy atom. The van der Waals surface area contributed by atoms with Gasteiger partial charge in [-0.15, -0.1) is 0 Å². The zero-order chi connectivity index (χ0) is 22.6. The molecule has 2 aromatic rings. The fraction of sp³-hybridized carbons (Fsp3) is 0.296. The van der Waals surface area contributed by atoms with Gasteiger partial charge in [0.2, 0.25) is 0 Å². The average Bonchev–Trinajstić information content (AvgIpc) is 2.83. The number of hydrogen-bond acceptors (Lipinski definition) is 4. The normalized spacial score (nSPS) is 21.6. The molecule has 1 saturated heterocycles. The molecule has 2 heterocycles. The Morgan fingerprint density at radius 2 is 1.91 bits per heavy atom. The third-order valence-corrected chi connectivity index (χ3v) is 6.38. The highest BCUT2D eigenvalue weighted by molar-refractivity contribution is 5.76. The quantitative estimate of drug-likeness (QED) is 0.628. The lowest BCUT2D eigenvalue weighted by Crippen LogP contribution is -2.48. The van der Waals surface area contributed by atoms with Crippen molar-refractivity contribution in [1.82, 2.24) is 10.2 Å². The lowest BCUT2D eigenvalue weighted by atomic mass is 9.84. The Kier molecular flexibility index (Phi) is 6.47. The summed E-state index contributed by atoms with van der Waals surface area (Å²) < 4.78 is 6.09. The summed E-state index contributed by atoms with van der Waals surface area (Å²) in [6.45, 7) is 6.59. The second kappa shape index (κ2) is 9.45. The predicted octanol–water partition coefficient (Wildman–Crippen LogP) is 5.27. The van der Waals surface area contributed by atoms with Gasteiger partial charge in [0.05, 0.1) is 6.04 Å². The van der Waals surface area contributed by atoms with Gasteiger partial charge in [0.1, 0.15) is 5.60 Å². The summed E-state index contributed by atoms with van der Waals surface area (Å²) >= 11 is 0. The smallest absolute Gasteiger partial charge is 0.411 e. The largest absolute Gasteiger partial charge is 0.438 e. The van der Waals surface area contributed by atoms with Crippen LogP contribution in [0.25, 0.3) is 5.57 Å². The van der Waals surface area contributed by atoms with Gasteiger partial charge in [0.25, 0.3) is 0 Å². The highest BCUT2D eigenvalue weighted by Gasteiger charge is 2.43. The molecule has 5 nitrogen and oxygen atoms in total. The molecule has 0 aromatic heterocycles. The van der Waals surface area contributed by atoms with Crippen molar-refractivity contribution in [3.8, 4) is 0 Å². The first-order valence-electron chi connectivity index (χ1n) is 11.1. The number of rotatable bonds is 7. The molecule has 166 valence electrons. The molecule has 2 aromatic carbocycles. The molecule has 0 unspecified atom stereocenters. The summed E-state index contributed by atoms with van der Waals surface area (Å²) in [4.78, 5) is 14.9. The maximum atomic E-state index is 13.1. The molecular formula is C27H30N2O3. The summed E-state index contributed by atoms with van der Waals surface area (Å²) in [5.74, 6) is 0. The van der Waals surface area contributed by atoms with Crippen LogP contribution in [0.5, 0.6) is 0 Å². The summed E-state index contributed by atoms with van der Waals surface area (Å²) in [7, 11) is 0. The van der Waals surface area contributed by atoms with Crippen molar-refractivity contribution in [2.45, 2.75) is 37.8 Å². The van der Waals surface area contributed by atoms with Gasteiger partial charge < -0.3 is 20.1 Å². The zero-order valence-electron chi connectivity index (χ0n) is 18.5. The second-order valence-electron chi connectivity index (χ2n) is 8.40. The number of dihydropyridines is 1. The molecule has 0 bridgehead atoms. The van der Waals surface area contributed by atoms with Gasteiger partial charge >= 0.3 is 6.09 Å². The van der Waals surface area contributed by atoms with E-state index in [0.29, 0.717) is 25.8 Å². The first-order chi connectivity index (χ1) is 15.5. The monoisotopic (exact) mass is 430 g/mol. The summed E-state index contributed by atoms with van der Waals surface area (Å²) in [6, 6.07) is 18.1. The Labute approximate surface area is 189 Å². The van der Waals surface area contributed by atoms with Crippen LogP contribution in [0, 0.1) is 0 Å². The molecule has 2 N–H and O–H groups in total. The van der Waals surface area contributed by atoms with Crippen LogP contribution in [-0.4, -0.2) is 29.3 Å². The number of carbonyl (C=O) groups is 1. The summed E-state index contributed by atoms with van der Waals surface area (Å²) in [5.41, 5.74) is 4.43. The van der Waals surface area contributed by atoms with Crippen LogP contribution < -0.4 is 5.32 Å². The minimum absolute atomic E-state index is 0.0772. The van der Waals surface area contributed by atoms with E-state index >= 15 is 0 Å². The standard InChI is InChI=1S/C27H30N2O3/c1-20-9-10-24(19-28-20)23-13-11-22(12-14-23)21(2)29-17-16-27(15-6-18-30,32-26(29)31)25-7-4-3-5-8-25/h3-5,7-14,19,21,28,30H,1,6,15-18H2,2H3/t21-,27+/m0/s1. The molecule has 0 saturated carbocycles. The molecular weight excluding hydrogens is 400 g/mol. The van der Waals surface area contributed by atoms with Gasteiger partial charge in [0.15, 0.2) is 0 Å². The number of ether oxygens (including phenoxy) is 1. The van der Waals surface area contributed by atoms with E-state index in [0.717, 1.165) is 28.0 Å². The van der Waals surface area contributed by atoms with Gasteiger partial charge in [-0.2, -0.15) is 0 Å². The number of cyclic esters (lactones) is 1. The highest BCUT2D eigenvalue weighted by Crippen LogP contribution is 2.40. The van der Waals surface area contributed by atoms with Crippen molar-refractivity contribution >= 4 is 11.7 Å². The fourth-order valence-corrected chi connectivity index (χ4v) is 4.42. The molecule has 2 aliphatic heterocycles. The first-order valence-corrected chi connectivity index (χ1v) is 11.1. The van der Waals surface area contributed by atoms with Crippen LogP contribution in [0.2, 0.25) is 0 Å². The molecule has 5 heteroatoms. The number of benzene rings is 2. The number of nitrogens with zero attached hydrogens (tertiary/aromatic N) is 1. The molecule has 0 spiro atoms. The molecule has 2 atom stereocenters. The van der Waals surface area contributed by atoms with Gasteiger partial charge in [-0.1, -0.05) is 67.3 Å². The lowest BCUT2D eigenvalue weighted by molar-refractivity contribution is -0.0680. The van der Waals surface area contributed by atoms with E-state index in [-0.39, 0.29) is 18.7 Å². The number of aliphatic hydroxyl groups excluding tert-OH is 1. The van der Waals surface area contributed by atoms with E-state index in [4.69, 9.17) is 4.74 Å². The summed E-state index contributed by atoms with van der Waals surface area (Å²) in [5, 5.41) is 12.5. The Hall–Kier alpha value is -3.31. The van der Waals surface area contributed by atoms with Crippen LogP contribution >= 0.6 is 0 Å². The highest BCUT2D eigenvalue weighted by atomic mass is 16.6. The van der Waals surface area contributed by atoms with Crippen molar-refractivity contribution in [1.29, 1.82) is 0 Å². The predicted molar refractivity (Wildman–Crippen MR) is 126 cm³/mol. The first kappa shape index (κ1) is 21.9. The molecule has 0 radical (unpaired) electrons. The number of allylic oxidation sites excluding steroid dienone is 3. The lowest BCUT2D eigenvalue weighted by Gasteiger charge is -2.43. The summed E-state index contributed by atoms with van der Waals surface area (Å²) in [6.07, 6.45) is 7.51. The zero-order valence-corrected chi connectivity index (χ0v) is 18.5. The number of amides is 1. The van der Waals surface area contributed by atoms with Crippen molar-refractivity contribution in [2.75, 3.05) is 13.2 Å². The van der Waals surface area contributed by atoms with E-state index in [1.807, 2.05) is 55.6 Å². The Morgan fingerprint density at radius 1 is 1.16 bits per heavy atom. The van der Waals surface area contributed by atoms with Crippen LogP contribution in [0.1, 0.15) is 48.9 Å².